The summed E-state index contributed by atoms with van der Waals surface area (Å²) in [6.45, 7) is 10.9. The lowest BCUT2D eigenvalue weighted by Gasteiger charge is -2.24. The average Bonchev–Trinajstić information content (AvgIpc) is 2.45. The number of hydrogen-bond acceptors (Lipinski definition) is 5. The summed E-state index contributed by atoms with van der Waals surface area (Å²) in [7, 11) is 0. The molecule has 5 heteroatoms. The van der Waals surface area contributed by atoms with Crippen LogP contribution in [0.3, 0.4) is 0 Å². The lowest BCUT2D eigenvalue weighted by molar-refractivity contribution is -0.133. The van der Waals surface area contributed by atoms with Gasteiger partial charge in [-0.1, -0.05) is 45.0 Å². The zero-order valence-corrected chi connectivity index (χ0v) is 15.7. The number of carbonyl (C=O) groups is 2. The Bertz CT molecular complexity index is 803. The molecule has 0 saturated carbocycles. The van der Waals surface area contributed by atoms with Gasteiger partial charge < -0.3 is 9.47 Å². The minimum absolute atomic E-state index is 0.102. The maximum atomic E-state index is 11.6. The number of thioether (sulfide) groups is 1. The maximum absolute atomic E-state index is 11.6. The highest BCUT2D eigenvalue weighted by atomic mass is 32.2. The van der Waals surface area contributed by atoms with Gasteiger partial charge in [-0.05, 0) is 6.92 Å². The molecular weight excluding hydrogens is 324 g/mol. The van der Waals surface area contributed by atoms with E-state index in [0.29, 0.717) is 11.5 Å². The summed E-state index contributed by atoms with van der Waals surface area (Å²) in [6, 6.07) is 7.46. The zero-order valence-electron chi connectivity index (χ0n) is 14.9. The van der Waals surface area contributed by atoms with Crippen molar-refractivity contribution >= 4 is 34.5 Å². The third-order valence-electron chi connectivity index (χ3n) is 3.20. The Morgan fingerprint density at radius 3 is 1.83 bits per heavy atom. The molecular formula is C19H22O4S. The van der Waals surface area contributed by atoms with E-state index in [-0.39, 0.29) is 16.7 Å². The number of ether oxygens (including phenoxy) is 2. The van der Waals surface area contributed by atoms with Gasteiger partial charge in [-0.25, -0.2) is 0 Å². The topological polar surface area (TPSA) is 52.6 Å². The van der Waals surface area contributed by atoms with Crippen molar-refractivity contribution in [3.8, 4) is 11.5 Å². The van der Waals surface area contributed by atoms with Gasteiger partial charge in [-0.3, -0.25) is 9.59 Å². The Kier molecular flexibility index (Phi) is 5.23. The predicted octanol–water partition coefficient (Wildman–Crippen LogP) is 4.89. The molecule has 0 N–H and O–H groups in total. The van der Waals surface area contributed by atoms with Gasteiger partial charge in [0, 0.05) is 34.9 Å². The van der Waals surface area contributed by atoms with Crippen molar-refractivity contribution in [1.29, 1.82) is 0 Å². The summed E-state index contributed by atoms with van der Waals surface area (Å²) in [6.07, 6.45) is 0. The first kappa shape index (κ1) is 18.3. The van der Waals surface area contributed by atoms with Crippen LogP contribution in [0.2, 0.25) is 0 Å². The molecule has 0 aliphatic carbocycles. The van der Waals surface area contributed by atoms with Crippen LogP contribution >= 0.6 is 11.8 Å². The molecule has 0 unspecified atom stereocenters. The number of rotatable bonds is 3. The largest absolute Gasteiger partial charge is 0.426 e. The molecule has 128 valence electrons. The van der Waals surface area contributed by atoms with Crippen molar-refractivity contribution in [2.75, 3.05) is 0 Å². The van der Waals surface area contributed by atoms with Crippen LogP contribution in [0.5, 0.6) is 11.5 Å². The smallest absolute Gasteiger partial charge is 0.308 e. The van der Waals surface area contributed by atoms with Gasteiger partial charge in [0.05, 0.1) is 4.90 Å². The zero-order chi connectivity index (χ0) is 18.1. The standard InChI is InChI=1S/C19H22O4S/c1-11-16(22-12(2)20)14-9-7-8-10-15(14)17(23-13(3)21)18(11)24-19(4,5)6/h7-10H,1-6H3. The van der Waals surface area contributed by atoms with Crippen molar-refractivity contribution in [3.05, 3.63) is 29.8 Å². The van der Waals surface area contributed by atoms with E-state index in [1.807, 2.05) is 31.2 Å². The summed E-state index contributed by atoms with van der Waals surface area (Å²) < 4.78 is 10.9. The first-order valence-electron chi connectivity index (χ1n) is 7.71. The lowest BCUT2D eigenvalue weighted by atomic mass is 10.0. The molecule has 4 nitrogen and oxygen atoms in total. The first-order chi connectivity index (χ1) is 11.1. The minimum Gasteiger partial charge on any atom is -0.426 e. The summed E-state index contributed by atoms with van der Waals surface area (Å²) in [5.41, 5.74) is 0.792. The Labute approximate surface area is 146 Å². The van der Waals surface area contributed by atoms with E-state index in [1.165, 1.54) is 13.8 Å². The van der Waals surface area contributed by atoms with Crippen molar-refractivity contribution in [1.82, 2.24) is 0 Å². The van der Waals surface area contributed by atoms with Crippen LogP contribution in [-0.2, 0) is 9.59 Å². The van der Waals surface area contributed by atoms with E-state index in [9.17, 15) is 9.59 Å². The highest BCUT2D eigenvalue weighted by molar-refractivity contribution is 8.00. The number of esters is 2. The molecule has 2 aromatic carbocycles. The molecule has 24 heavy (non-hydrogen) atoms. The molecule has 0 bridgehead atoms. The third-order valence-corrected chi connectivity index (χ3v) is 4.51. The number of benzene rings is 2. The van der Waals surface area contributed by atoms with Gasteiger partial charge in [-0.2, -0.15) is 0 Å². The fraction of sp³-hybridized carbons (Fsp3) is 0.368. The highest BCUT2D eigenvalue weighted by Gasteiger charge is 2.25. The molecule has 0 atom stereocenters. The van der Waals surface area contributed by atoms with E-state index >= 15 is 0 Å². The van der Waals surface area contributed by atoms with E-state index < -0.39 is 0 Å². The molecule has 0 heterocycles. The van der Waals surface area contributed by atoms with Crippen LogP contribution < -0.4 is 9.47 Å². The average molecular weight is 346 g/mol. The Hall–Kier alpha value is -2.01. The Balaban J connectivity index is 2.85. The number of hydrogen-bond donors (Lipinski definition) is 0. The van der Waals surface area contributed by atoms with Crippen molar-refractivity contribution in [3.63, 3.8) is 0 Å². The molecule has 2 rings (SSSR count). The summed E-state index contributed by atoms with van der Waals surface area (Å²) in [5, 5.41) is 1.50. The summed E-state index contributed by atoms with van der Waals surface area (Å²) in [5.74, 6) is 0.276. The molecule has 0 fully saturated rings. The van der Waals surface area contributed by atoms with Crippen molar-refractivity contribution < 1.29 is 19.1 Å². The number of carbonyl (C=O) groups excluding carboxylic acids is 2. The van der Waals surface area contributed by atoms with Crippen LogP contribution in [0.4, 0.5) is 0 Å². The van der Waals surface area contributed by atoms with Crippen LogP contribution in [0.15, 0.2) is 29.2 Å². The van der Waals surface area contributed by atoms with Crippen LogP contribution in [0.1, 0.15) is 40.2 Å². The second kappa shape index (κ2) is 6.85. The van der Waals surface area contributed by atoms with Gasteiger partial charge in [0.2, 0.25) is 0 Å². The van der Waals surface area contributed by atoms with Gasteiger partial charge in [-0.15, -0.1) is 11.8 Å². The fourth-order valence-corrected chi connectivity index (χ4v) is 3.53. The molecule has 0 saturated heterocycles. The summed E-state index contributed by atoms with van der Waals surface area (Å²) in [4.78, 5) is 24.0. The van der Waals surface area contributed by atoms with Crippen LogP contribution in [0, 0.1) is 6.92 Å². The van der Waals surface area contributed by atoms with Crippen molar-refractivity contribution in [2.24, 2.45) is 0 Å². The molecule has 0 aromatic heterocycles. The van der Waals surface area contributed by atoms with E-state index in [0.717, 1.165) is 21.2 Å². The second-order valence-corrected chi connectivity index (χ2v) is 8.40. The van der Waals surface area contributed by atoms with Crippen molar-refractivity contribution in [2.45, 2.75) is 51.2 Å². The highest BCUT2D eigenvalue weighted by Crippen LogP contribution is 2.48. The molecule has 0 aliphatic rings. The van der Waals surface area contributed by atoms with Gasteiger partial charge in [0.25, 0.3) is 0 Å². The molecule has 2 aromatic rings. The van der Waals surface area contributed by atoms with E-state index in [1.54, 1.807) is 11.8 Å². The fourth-order valence-electron chi connectivity index (χ4n) is 2.43. The second-order valence-electron chi connectivity index (χ2n) is 6.56. The Morgan fingerprint density at radius 1 is 0.917 bits per heavy atom. The van der Waals surface area contributed by atoms with Crippen LogP contribution in [0.25, 0.3) is 10.8 Å². The van der Waals surface area contributed by atoms with Gasteiger partial charge in [0.15, 0.2) is 5.75 Å². The van der Waals surface area contributed by atoms with Gasteiger partial charge >= 0.3 is 11.9 Å². The van der Waals surface area contributed by atoms with E-state index in [2.05, 4.69) is 20.8 Å². The molecule has 0 radical (unpaired) electrons. The maximum Gasteiger partial charge on any atom is 0.308 e. The van der Waals surface area contributed by atoms with Gasteiger partial charge in [0.1, 0.15) is 5.75 Å². The predicted molar refractivity (Wildman–Crippen MR) is 96.9 cm³/mol. The molecule has 0 aliphatic heterocycles. The SMILES string of the molecule is CC(=O)Oc1c(C)c(SC(C)(C)C)c(OC(C)=O)c2ccccc12. The lowest BCUT2D eigenvalue weighted by Crippen LogP contribution is -2.12. The normalized spacial score (nSPS) is 11.4. The Morgan fingerprint density at radius 2 is 1.38 bits per heavy atom. The van der Waals surface area contributed by atoms with E-state index in [4.69, 9.17) is 9.47 Å². The quantitative estimate of drug-likeness (QED) is 0.450. The first-order valence-corrected chi connectivity index (χ1v) is 8.53. The minimum atomic E-state index is -0.379. The number of fused-ring (bicyclic) bond motifs is 1. The molecule has 0 amide bonds. The molecule has 0 spiro atoms. The monoisotopic (exact) mass is 346 g/mol. The summed E-state index contributed by atoms with van der Waals surface area (Å²) >= 11 is 1.58. The van der Waals surface area contributed by atoms with Crippen LogP contribution in [-0.4, -0.2) is 16.7 Å². The third kappa shape index (κ3) is 4.09.